The zero-order chi connectivity index (χ0) is 25.0. The second-order valence-corrected chi connectivity index (χ2v) is 16.1. The van der Waals surface area contributed by atoms with Crippen LogP contribution in [0.3, 0.4) is 0 Å². The van der Waals surface area contributed by atoms with Gasteiger partial charge in [-0.3, -0.25) is 0 Å². The summed E-state index contributed by atoms with van der Waals surface area (Å²) in [5.74, 6) is 0.799. The van der Waals surface area contributed by atoms with Crippen LogP contribution in [0.25, 0.3) is 12.2 Å². The molecule has 0 bridgehead atoms. The highest BCUT2D eigenvalue weighted by Gasteiger charge is 2.40. The molecule has 0 spiro atoms. The van der Waals surface area contributed by atoms with E-state index >= 15 is 0 Å². The summed E-state index contributed by atoms with van der Waals surface area (Å²) in [4.78, 5) is 11.9. The van der Waals surface area contributed by atoms with Crippen LogP contribution >= 0.6 is 0 Å². The molecule has 1 aliphatic rings. The summed E-state index contributed by atoms with van der Waals surface area (Å²) < 4.78 is 11.9. The fraction of sp³-hybridized carbons (Fsp3) is 0.500. The van der Waals surface area contributed by atoms with Crippen molar-refractivity contribution < 1.29 is 14.0 Å². The Hall–Kier alpha value is -2.33. The van der Waals surface area contributed by atoms with Gasteiger partial charge in [-0.2, -0.15) is 0 Å². The van der Waals surface area contributed by atoms with Crippen LogP contribution in [0.15, 0.2) is 42.5 Å². The number of hydrogen-bond donors (Lipinski definition) is 0. The molecule has 0 radical (unpaired) electrons. The molecule has 3 nitrogen and oxygen atoms in total. The van der Waals surface area contributed by atoms with E-state index in [1.807, 2.05) is 31.2 Å². The summed E-state index contributed by atoms with van der Waals surface area (Å²) in [5, 5.41) is 0.159. The van der Waals surface area contributed by atoms with Crippen molar-refractivity contribution >= 4 is 26.4 Å². The first-order chi connectivity index (χ1) is 15.9. The van der Waals surface area contributed by atoms with Gasteiger partial charge in [0.2, 0.25) is 8.32 Å². The lowest BCUT2D eigenvalue weighted by Crippen LogP contribution is -2.44. The summed E-state index contributed by atoms with van der Waals surface area (Å²) in [5.41, 5.74) is 4.33. The standard InChI is InChI=1S/C30H42O3Si/c1-8-32-28(31)25-17-14-23(15-18-25)12-13-24-16-19-27(33-34(6,7)29(2,3)4)26(22-24)30(5)20-10-9-11-21-30/h12-19,22H,8-11,20-21H2,1-7H3/b13-12+. The molecule has 0 saturated heterocycles. The van der Waals surface area contributed by atoms with Crippen LogP contribution in [0.4, 0.5) is 0 Å². The molecule has 0 amide bonds. The minimum Gasteiger partial charge on any atom is -0.543 e. The van der Waals surface area contributed by atoms with E-state index in [9.17, 15) is 4.79 Å². The van der Waals surface area contributed by atoms with Crippen molar-refractivity contribution in [2.75, 3.05) is 6.61 Å². The van der Waals surface area contributed by atoms with Gasteiger partial charge in [0.05, 0.1) is 12.2 Å². The second-order valence-electron chi connectivity index (χ2n) is 11.4. The van der Waals surface area contributed by atoms with Gasteiger partial charge in [-0.1, -0.05) is 77.3 Å². The second kappa shape index (κ2) is 10.5. The lowest BCUT2D eigenvalue weighted by Gasteiger charge is -2.40. The predicted octanol–water partition coefficient (Wildman–Crippen LogP) is 8.64. The van der Waals surface area contributed by atoms with Gasteiger partial charge >= 0.3 is 5.97 Å². The first-order valence-corrected chi connectivity index (χ1v) is 15.6. The zero-order valence-corrected chi connectivity index (χ0v) is 23.2. The number of carbonyl (C=O) groups excluding carboxylic acids is 1. The molecule has 184 valence electrons. The van der Waals surface area contributed by atoms with Gasteiger partial charge in [0.25, 0.3) is 0 Å². The van der Waals surface area contributed by atoms with E-state index in [-0.39, 0.29) is 16.4 Å². The van der Waals surface area contributed by atoms with Crippen LogP contribution in [0.2, 0.25) is 18.1 Å². The highest BCUT2D eigenvalue weighted by Crippen LogP contribution is 2.46. The van der Waals surface area contributed by atoms with Crippen LogP contribution in [-0.4, -0.2) is 20.9 Å². The molecule has 1 saturated carbocycles. The van der Waals surface area contributed by atoms with Gasteiger partial charge in [-0.05, 0) is 84.3 Å². The Morgan fingerprint density at radius 3 is 2.15 bits per heavy atom. The Bertz CT molecular complexity index is 1010. The Morgan fingerprint density at radius 2 is 1.56 bits per heavy atom. The Balaban J connectivity index is 1.90. The minimum atomic E-state index is -1.94. The third-order valence-electron chi connectivity index (χ3n) is 7.67. The molecule has 0 unspecified atom stereocenters. The number of benzene rings is 2. The molecular formula is C30H42O3Si. The van der Waals surface area contributed by atoms with Gasteiger partial charge in [-0.15, -0.1) is 0 Å². The first-order valence-electron chi connectivity index (χ1n) is 12.7. The van der Waals surface area contributed by atoms with Crippen LogP contribution in [0, 0.1) is 0 Å². The molecule has 0 atom stereocenters. The maximum Gasteiger partial charge on any atom is 0.338 e. The lowest BCUT2D eigenvalue weighted by molar-refractivity contribution is 0.0526. The van der Waals surface area contributed by atoms with E-state index in [2.05, 4.69) is 71.1 Å². The van der Waals surface area contributed by atoms with Gasteiger partial charge in [-0.25, -0.2) is 4.79 Å². The van der Waals surface area contributed by atoms with Crippen LogP contribution in [-0.2, 0) is 10.2 Å². The van der Waals surface area contributed by atoms with Crippen molar-refractivity contribution in [2.24, 2.45) is 0 Å². The van der Waals surface area contributed by atoms with Crippen molar-refractivity contribution in [1.82, 2.24) is 0 Å². The average molecular weight is 479 g/mol. The monoisotopic (exact) mass is 478 g/mol. The van der Waals surface area contributed by atoms with E-state index in [4.69, 9.17) is 9.16 Å². The predicted molar refractivity (Wildman–Crippen MR) is 146 cm³/mol. The van der Waals surface area contributed by atoms with Gasteiger partial charge in [0.1, 0.15) is 5.75 Å². The fourth-order valence-corrected chi connectivity index (χ4v) is 5.41. The molecule has 0 N–H and O–H groups in total. The Labute approximate surface area is 207 Å². The maximum atomic E-state index is 11.9. The summed E-state index contributed by atoms with van der Waals surface area (Å²) in [6.07, 6.45) is 10.6. The summed E-state index contributed by atoms with van der Waals surface area (Å²) in [6.45, 7) is 16.2. The smallest absolute Gasteiger partial charge is 0.338 e. The van der Waals surface area contributed by atoms with Crippen LogP contribution in [0.5, 0.6) is 5.75 Å². The number of esters is 1. The molecule has 2 aromatic rings. The van der Waals surface area contributed by atoms with Gasteiger partial charge in [0.15, 0.2) is 0 Å². The van der Waals surface area contributed by atoms with Crippen molar-refractivity contribution in [1.29, 1.82) is 0 Å². The van der Waals surface area contributed by atoms with Gasteiger partial charge < -0.3 is 9.16 Å². The maximum absolute atomic E-state index is 11.9. The number of carbonyl (C=O) groups is 1. The fourth-order valence-electron chi connectivity index (χ4n) is 4.38. The van der Waals surface area contributed by atoms with E-state index in [0.717, 1.165) is 11.3 Å². The zero-order valence-electron chi connectivity index (χ0n) is 22.2. The third-order valence-corrected chi connectivity index (χ3v) is 12.0. The van der Waals surface area contributed by atoms with Gasteiger partial charge in [0, 0.05) is 0 Å². The number of hydrogen-bond acceptors (Lipinski definition) is 3. The molecule has 2 aromatic carbocycles. The lowest BCUT2D eigenvalue weighted by atomic mass is 9.70. The van der Waals surface area contributed by atoms with E-state index < -0.39 is 8.32 Å². The van der Waals surface area contributed by atoms with E-state index in [0.29, 0.717) is 12.2 Å². The van der Waals surface area contributed by atoms with E-state index in [1.165, 1.54) is 43.2 Å². The largest absolute Gasteiger partial charge is 0.543 e. The first kappa shape index (κ1) is 26.3. The van der Waals surface area contributed by atoms with Crippen molar-refractivity contribution in [3.63, 3.8) is 0 Å². The molecule has 0 heterocycles. The molecule has 34 heavy (non-hydrogen) atoms. The quantitative estimate of drug-likeness (QED) is 0.227. The SMILES string of the molecule is CCOC(=O)c1ccc(/C=C/c2ccc(O[Si](C)(C)C(C)(C)C)c(C3(C)CCCCC3)c2)cc1. The molecule has 1 aliphatic carbocycles. The number of ether oxygens (including phenoxy) is 1. The minimum absolute atomic E-state index is 0.154. The van der Waals surface area contributed by atoms with E-state index in [1.54, 1.807) is 0 Å². The molecule has 4 heteroatoms. The summed E-state index contributed by atoms with van der Waals surface area (Å²) >= 11 is 0. The van der Waals surface area contributed by atoms with Crippen molar-refractivity contribution in [2.45, 2.75) is 90.3 Å². The molecular weight excluding hydrogens is 436 g/mol. The van der Waals surface area contributed by atoms with Crippen molar-refractivity contribution in [3.8, 4) is 5.75 Å². The van der Waals surface area contributed by atoms with Crippen LogP contribution < -0.4 is 4.43 Å². The molecule has 1 fully saturated rings. The highest BCUT2D eigenvalue weighted by atomic mass is 28.4. The Kier molecular flexibility index (Phi) is 8.13. The number of rotatable bonds is 7. The normalized spacial score (nSPS) is 16.4. The topological polar surface area (TPSA) is 35.5 Å². The Morgan fingerprint density at radius 1 is 0.971 bits per heavy atom. The third kappa shape index (κ3) is 6.21. The average Bonchev–Trinajstić information content (AvgIpc) is 2.78. The summed E-state index contributed by atoms with van der Waals surface area (Å²) in [6, 6.07) is 14.3. The molecule has 0 aromatic heterocycles. The molecule has 3 rings (SSSR count). The van der Waals surface area contributed by atoms with Crippen LogP contribution in [0.1, 0.15) is 93.8 Å². The highest BCUT2D eigenvalue weighted by molar-refractivity contribution is 6.74. The summed E-state index contributed by atoms with van der Waals surface area (Å²) in [7, 11) is -1.94. The van der Waals surface area contributed by atoms with Crippen molar-refractivity contribution in [3.05, 3.63) is 64.7 Å². The molecule has 0 aliphatic heterocycles.